The Morgan fingerprint density at radius 2 is 1.52 bits per heavy atom. The standard InChI is InChI=1S/C19H19NO/c1-3-15-18(4-2)20-21-19(15)16-11-7-5-9-13(16)14-10-6-8-12-17(14)19/h5-12,15H,3-4H2,1-2H3. The van der Waals surface area contributed by atoms with Crippen molar-refractivity contribution in [3.63, 3.8) is 0 Å². The van der Waals surface area contributed by atoms with Gasteiger partial charge in [-0.25, -0.2) is 0 Å². The predicted molar refractivity (Wildman–Crippen MR) is 85.3 cm³/mol. The van der Waals surface area contributed by atoms with Crippen LogP contribution in [0.1, 0.15) is 37.8 Å². The van der Waals surface area contributed by atoms with Gasteiger partial charge in [-0.1, -0.05) is 67.5 Å². The van der Waals surface area contributed by atoms with Crippen LogP contribution in [0.15, 0.2) is 53.7 Å². The first-order valence-electron chi connectivity index (χ1n) is 7.77. The van der Waals surface area contributed by atoms with Gasteiger partial charge < -0.3 is 4.84 Å². The molecule has 1 unspecified atom stereocenters. The lowest BCUT2D eigenvalue weighted by Crippen LogP contribution is -2.35. The highest BCUT2D eigenvalue weighted by molar-refractivity contribution is 5.92. The summed E-state index contributed by atoms with van der Waals surface area (Å²) >= 11 is 0. The second kappa shape index (κ2) is 4.45. The maximum absolute atomic E-state index is 6.15. The van der Waals surface area contributed by atoms with E-state index in [4.69, 9.17) is 4.84 Å². The summed E-state index contributed by atoms with van der Waals surface area (Å²) in [7, 11) is 0. The van der Waals surface area contributed by atoms with Crippen molar-refractivity contribution in [1.29, 1.82) is 0 Å². The van der Waals surface area contributed by atoms with Crippen molar-refractivity contribution < 1.29 is 4.84 Å². The summed E-state index contributed by atoms with van der Waals surface area (Å²) in [6.07, 6.45) is 1.99. The maximum Gasteiger partial charge on any atom is 0.196 e. The highest BCUT2D eigenvalue weighted by Crippen LogP contribution is 2.56. The van der Waals surface area contributed by atoms with Crippen molar-refractivity contribution in [2.24, 2.45) is 11.1 Å². The SMILES string of the molecule is CCC1=NOC2(c3ccccc3-c3ccccc32)C1CC. The summed E-state index contributed by atoms with van der Waals surface area (Å²) in [5.74, 6) is 0.326. The summed E-state index contributed by atoms with van der Waals surface area (Å²) in [6.45, 7) is 4.40. The Morgan fingerprint density at radius 1 is 0.952 bits per heavy atom. The van der Waals surface area contributed by atoms with E-state index in [1.165, 1.54) is 28.0 Å². The van der Waals surface area contributed by atoms with Crippen LogP contribution in [-0.4, -0.2) is 5.71 Å². The summed E-state index contributed by atoms with van der Waals surface area (Å²) in [6, 6.07) is 17.2. The van der Waals surface area contributed by atoms with Crippen LogP contribution in [0.5, 0.6) is 0 Å². The number of nitrogens with zero attached hydrogens (tertiary/aromatic N) is 1. The number of oxime groups is 1. The molecule has 2 aromatic carbocycles. The van der Waals surface area contributed by atoms with Crippen LogP contribution in [0, 0.1) is 5.92 Å². The van der Waals surface area contributed by atoms with E-state index in [-0.39, 0.29) is 0 Å². The summed E-state index contributed by atoms with van der Waals surface area (Å²) < 4.78 is 0. The molecule has 0 amide bonds. The molecule has 1 atom stereocenters. The van der Waals surface area contributed by atoms with Gasteiger partial charge in [0.05, 0.1) is 11.6 Å². The van der Waals surface area contributed by atoms with E-state index in [0.717, 1.165) is 12.8 Å². The highest BCUT2D eigenvalue weighted by atomic mass is 16.7. The first kappa shape index (κ1) is 12.6. The molecule has 1 aliphatic heterocycles. The second-order valence-electron chi connectivity index (χ2n) is 5.82. The Labute approximate surface area is 125 Å². The monoisotopic (exact) mass is 277 g/mol. The summed E-state index contributed by atoms with van der Waals surface area (Å²) in [5.41, 5.74) is 5.89. The van der Waals surface area contributed by atoms with E-state index in [9.17, 15) is 0 Å². The molecule has 1 spiro atoms. The van der Waals surface area contributed by atoms with Crippen LogP contribution in [0.3, 0.4) is 0 Å². The third kappa shape index (κ3) is 1.45. The van der Waals surface area contributed by atoms with E-state index >= 15 is 0 Å². The molecule has 2 nitrogen and oxygen atoms in total. The van der Waals surface area contributed by atoms with Crippen LogP contribution in [0.4, 0.5) is 0 Å². The van der Waals surface area contributed by atoms with Gasteiger partial charge in [0, 0.05) is 11.1 Å². The lowest BCUT2D eigenvalue weighted by Gasteiger charge is -2.31. The van der Waals surface area contributed by atoms with Crippen molar-refractivity contribution in [1.82, 2.24) is 0 Å². The van der Waals surface area contributed by atoms with Crippen molar-refractivity contribution in [3.8, 4) is 11.1 Å². The van der Waals surface area contributed by atoms with Crippen LogP contribution >= 0.6 is 0 Å². The van der Waals surface area contributed by atoms with Gasteiger partial charge in [-0.2, -0.15) is 0 Å². The Hall–Kier alpha value is -2.09. The van der Waals surface area contributed by atoms with Crippen LogP contribution in [-0.2, 0) is 10.4 Å². The van der Waals surface area contributed by atoms with Gasteiger partial charge in [0.2, 0.25) is 0 Å². The highest BCUT2D eigenvalue weighted by Gasteiger charge is 2.55. The fraction of sp³-hybridized carbons (Fsp3) is 0.316. The van der Waals surface area contributed by atoms with Gasteiger partial charge in [0.1, 0.15) is 0 Å². The molecule has 0 radical (unpaired) electrons. The van der Waals surface area contributed by atoms with Crippen LogP contribution in [0.2, 0.25) is 0 Å². The van der Waals surface area contributed by atoms with E-state index in [1.54, 1.807) is 0 Å². The van der Waals surface area contributed by atoms with Crippen molar-refractivity contribution in [3.05, 3.63) is 59.7 Å². The molecular formula is C19H19NO. The van der Waals surface area contributed by atoms with E-state index < -0.39 is 5.60 Å². The molecule has 2 heteroatoms. The topological polar surface area (TPSA) is 21.6 Å². The molecule has 0 N–H and O–H groups in total. The minimum atomic E-state index is -0.409. The molecule has 0 aromatic heterocycles. The molecule has 0 saturated carbocycles. The van der Waals surface area contributed by atoms with Crippen LogP contribution in [0.25, 0.3) is 11.1 Å². The minimum Gasteiger partial charge on any atom is -0.379 e. The van der Waals surface area contributed by atoms with E-state index in [2.05, 4.69) is 67.5 Å². The summed E-state index contributed by atoms with van der Waals surface area (Å²) in [4.78, 5) is 6.15. The molecule has 4 rings (SSSR count). The van der Waals surface area contributed by atoms with Crippen molar-refractivity contribution in [2.45, 2.75) is 32.3 Å². The van der Waals surface area contributed by atoms with Crippen molar-refractivity contribution >= 4 is 5.71 Å². The fourth-order valence-corrected chi connectivity index (χ4v) is 4.03. The number of hydrogen-bond donors (Lipinski definition) is 0. The van der Waals surface area contributed by atoms with Crippen LogP contribution < -0.4 is 0 Å². The number of benzene rings is 2. The number of hydrogen-bond acceptors (Lipinski definition) is 2. The number of fused-ring (bicyclic) bond motifs is 5. The van der Waals surface area contributed by atoms with E-state index in [1.807, 2.05) is 0 Å². The Balaban J connectivity index is 2.02. The Bertz CT molecular complexity index is 686. The first-order valence-corrected chi connectivity index (χ1v) is 7.77. The lowest BCUT2D eigenvalue weighted by molar-refractivity contribution is -0.0130. The molecule has 1 aliphatic carbocycles. The Kier molecular flexibility index (Phi) is 2.68. The van der Waals surface area contributed by atoms with Crippen molar-refractivity contribution in [2.75, 3.05) is 0 Å². The third-order valence-electron chi connectivity index (χ3n) is 4.91. The van der Waals surface area contributed by atoms with Gasteiger partial charge in [-0.3, -0.25) is 0 Å². The third-order valence-corrected chi connectivity index (χ3v) is 4.91. The van der Waals surface area contributed by atoms with E-state index in [0.29, 0.717) is 5.92 Å². The largest absolute Gasteiger partial charge is 0.379 e. The zero-order chi connectivity index (χ0) is 14.4. The molecule has 2 aliphatic rings. The molecule has 1 heterocycles. The molecule has 0 fully saturated rings. The summed E-state index contributed by atoms with van der Waals surface area (Å²) in [5, 5.41) is 4.46. The predicted octanol–water partition coefficient (Wildman–Crippen LogP) is 4.73. The van der Waals surface area contributed by atoms with Gasteiger partial charge in [-0.15, -0.1) is 0 Å². The Morgan fingerprint density at radius 3 is 2.05 bits per heavy atom. The second-order valence-corrected chi connectivity index (χ2v) is 5.82. The van der Waals surface area contributed by atoms with Gasteiger partial charge in [0.15, 0.2) is 5.60 Å². The van der Waals surface area contributed by atoms with Gasteiger partial charge in [0.25, 0.3) is 0 Å². The molecule has 0 saturated heterocycles. The van der Waals surface area contributed by atoms with Gasteiger partial charge >= 0.3 is 0 Å². The molecular weight excluding hydrogens is 258 g/mol. The quantitative estimate of drug-likeness (QED) is 0.777. The van der Waals surface area contributed by atoms with Gasteiger partial charge in [-0.05, 0) is 24.0 Å². The zero-order valence-corrected chi connectivity index (χ0v) is 12.5. The average molecular weight is 277 g/mol. The molecule has 21 heavy (non-hydrogen) atoms. The average Bonchev–Trinajstić information content (AvgIpc) is 3.06. The lowest BCUT2D eigenvalue weighted by atomic mass is 9.75. The molecule has 0 bridgehead atoms. The number of rotatable bonds is 2. The normalized spacial score (nSPS) is 20.9. The maximum atomic E-state index is 6.15. The fourth-order valence-electron chi connectivity index (χ4n) is 4.03. The minimum absolute atomic E-state index is 0.326. The smallest absolute Gasteiger partial charge is 0.196 e. The zero-order valence-electron chi connectivity index (χ0n) is 12.5. The molecule has 2 aromatic rings. The molecule has 106 valence electrons. The first-order chi connectivity index (χ1) is 10.3.